The molecule has 1 N–H and O–H groups in total. The van der Waals surface area contributed by atoms with Crippen LogP contribution in [0.5, 0.6) is 0 Å². The highest BCUT2D eigenvalue weighted by molar-refractivity contribution is 5.74. The lowest BCUT2D eigenvalue weighted by atomic mass is 9.80. The van der Waals surface area contributed by atoms with Crippen molar-refractivity contribution < 1.29 is 14.3 Å². The molecule has 0 aromatic carbocycles. The third-order valence-electron chi connectivity index (χ3n) is 3.94. The lowest BCUT2D eigenvalue weighted by Crippen LogP contribution is -2.44. The monoisotopic (exact) mass is 281 g/mol. The predicted octanol–water partition coefficient (Wildman–Crippen LogP) is 3.97. The van der Waals surface area contributed by atoms with Crippen molar-refractivity contribution >= 4 is 6.09 Å². The molecule has 20 heavy (non-hydrogen) atoms. The van der Waals surface area contributed by atoms with Crippen LogP contribution in [-0.2, 0) is 9.47 Å². The number of alkyl carbamates (subject to hydrolysis) is 1. The molecule has 0 aromatic rings. The average Bonchev–Trinajstić information content (AvgIpc) is 2.66. The van der Waals surface area contributed by atoms with Crippen LogP contribution in [0.3, 0.4) is 0 Å². The van der Waals surface area contributed by atoms with Gasteiger partial charge in [-0.05, 0) is 25.2 Å². The summed E-state index contributed by atoms with van der Waals surface area (Å²) in [5.74, 6) is -0.636. The Morgan fingerprint density at radius 2 is 2.00 bits per heavy atom. The molecule has 1 unspecified atom stereocenters. The van der Waals surface area contributed by atoms with E-state index in [1.54, 1.807) is 0 Å². The maximum absolute atomic E-state index is 11.8. The predicted molar refractivity (Wildman–Crippen MR) is 78.1 cm³/mol. The number of hydrogen-bond donors (Lipinski definition) is 1. The number of hydrogen-bond acceptors (Lipinski definition) is 3. The van der Waals surface area contributed by atoms with Gasteiger partial charge in [0.1, 0.15) is 0 Å². The van der Waals surface area contributed by atoms with Crippen LogP contribution in [0, 0.1) is 11.3 Å². The van der Waals surface area contributed by atoms with E-state index in [-0.39, 0.29) is 17.4 Å². The molecule has 4 nitrogen and oxygen atoms in total. The van der Waals surface area contributed by atoms with E-state index in [1.165, 1.54) is 19.3 Å². The van der Waals surface area contributed by atoms with E-state index in [9.17, 15) is 4.79 Å². The van der Waals surface area contributed by atoms with Gasteiger partial charge in [0, 0.05) is 12.5 Å². The lowest BCUT2D eigenvalue weighted by molar-refractivity contribution is -0.197. The Hall–Kier alpha value is -1.03. The van der Waals surface area contributed by atoms with Gasteiger partial charge >= 0.3 is 6.09 Å². The average molecular weight is 281 g/mol. The van der Waals surface area contributed by atoms with Gasteiger partial charge in [-0.1, -0.05) is 46.1 Å². The normalized spacial score (nSPS) is 30.4. The third-order valence-corrected chi connectivity index (χ3v) is 3.94. The van der Waals surface area contributed by atoms with Crippen LogP contribution < -0.4 is 5.32 Å². The molecule has 1 atom stereocenters. The molecule has 114 valence electrons. The molecule has 1 aliphatic heterocycles. The first-order valence-electron chi connectivity index (χ1n) is 7.74. The maximum Gasteiger partial charge on any atom is 0.414 e. The highest BCUT2D eigenvalue weighted by atomic mass is 16.7. The summed E-state index contributed by atoms with van der Waals surface area (Å²) < 4.78 is 11.6. The number of rotatable bonds is 3. The summed E-state index contributed by atoms with van der Waals surface area (Å²) >= 11 is 0. The molecule has 1 amide bonds. The van der Waals surface area contributed by atoms with Crippen LogP contribution in [0.15, 0.2) is 11.8 Å². The van der Waals surface area contributed by atoms with Gasteiger partial charge < -0.3 is 9.47 Å². The Morgan fingerprint density at radius 1 is 1.35 bits per heavy atom. The van der Waals surface area contributed by atoms with E-state index < -0.39 is 5.79 Å². The SMILES string of the molecule is CCOC1(C2CCCCC2)OC(=O)N/C1=C\C(C)(C)C. The Kier molecular flexibility index (Phi) is 4.43. The fourth-order valence-electron chi connectivity index (χ4n) is 3.21. The maximum atomic E-state index is 11.8. The standard InChI is InChI=1S/C16H27NO3/c1-5-19-16(12-9-7-6-8-10-12)13(11-15(2,3)4)17-14(18)20-16/h11-12H,5-10H2,1-4H3,(H,17,18)/b13-11-. The molecule has 1 saturated heterocycles. The van der Waals surface area contributed by atoms with Gasteiger partial charge in [0.25, 0.3) is 5.79 Å². The molecule has 1 aliphatic carbocycles. The molecule has 2 rings (SSSR count). The van der Waals surface area contributed by atoms with Gasteiger partial charge in [0.15, 0.2) is 0 Å². The number of nitrogens with one attached hydrogen (secondary N) is 1. The lowest BCUT2D eigenvalue weighted by Gasteiger charge is -2.38. The van der Waals surface area contributed by atoms with E-state index in [2.05, 4.69) is 32.2 Å². The summed E-state index contributed by atoms with van der Waals surface area (Å²) in [4.78, 5) is 11.8. The molecule has 0 bridgehead atoms. The summed E-state index contributed by atoms with van der Waals surface area (Å²) in [6.07, 6.45) is 7.41. The van der Waals surface area contributed by atoms with E-state index in [1.807, 2.05) is 6.92 Å². The van der Waals surface area contributed by atoms with Crippen LogP contribution in [0.1, 0.15) is 59.8 Å². The van der Waals surface area contributed by atoms with Crippen molar-refractivity contribution in [1.82, 2.24) is 5.32 Å². The van der Waals surface area contributed by atoms with Crippen molar-refractivity contribution in [3.05, 3.63) is 11.8 Å². The van der Waals surface area contributed by atoms with Gasteiger partial charge in [-0.15, -0.1) is 0 Å². The molecule has 2 fully saturated rings. The Balaban J connectivity index is 2.36. The molecule has 0 radical (unpaired) electrons. The fraction of sp³-hybridized carbons (Fsp3) is 0.812. The van der Waals surface area contributed by atoms with Crippen LogP contribution in [0.25, 0.3) is 0 Å². The topological polar surface area (TPSA) is 47.6 Å². The van der Waals surface area contributed by atoms with Crippen LogP contribution in [0.4, 0.5) is 4.79 Å². The zero-order chi connectivity index (χ0) is 14.8. The van der Waals surface area contributed by atoms with E-state index in [0.717, 1.165) is 18.5 Å². The quantitative estimate of drug-likeness (QED) is 0.851. The highest BCUT2D eigenvalue weighted by Gasteiger charge is 2.52. The Bertz CT molecular complexity index is 391. The van der Waals surface area contributed by atoms with E-state index >= 15 is 0 Å². The number of carbonyl (C=O) groups is 1. The summed E-state index contributed by atoms with van der Waals surface area (Å²) in [7, 11) is 0. The third kappa shape index (κ3) is 3.17. The first-order chi connectivity index (χ1) is 9.37. The second-order valence-corrected chi connectivity index (χ2v) is 6.87. The number of amides is 1. The molecule has 2 aliphatic rings. The number of cyclic esters (lactones) is 1. The van der Waals surface area contributed by atoms with Crippen molar-refractivity contribution in [2.24, 2.45) is 11.3 Å². The van der Waals surface area contributed by atoms with Crippen LogP contribution >= 0.6 is 0 Å². The Morgan fingerprint density at radius 3 is 2.55 bits per heavy atom. The molecule has 0 spiro atoms. The van der Waals surface area contributed by atoms with E-state index in [0.29, 0.717) is 6.61 Å². The molecule has 4 heteroatoms. The van der Waals surface area contributed by atoms with Gasteiger partial charge in [-0.2, -0.15) is 0 Å². The highest BCUT2D eigenvalue weighted by Crippen LogP contribution is 2.43. The van der Waals surface area contributed by atoms with Crippen LogP contribution in [-0.4, -0.2) is 18.5 Å². The first kappa shape index (κ1) is 15.4. The molecule has 1 heterocycles. The van der Waals surface area contributed by atoms with Gasteiger partial charge in [0.2, 0.25) is 0 Å². The Labute approximate surface area is 121 Å². The van der Waals surface area contributed by atoms with Gasteiger partial charge in [0.05, 0.1) is 5.70 Å². The van der Waals surface area contributed by atoms with Gasteiger partial charge in [-0.25, -0.2) is 4.79 Å². The second kappa shape index (κ2) is 5.76. The number of carbonyl (C=O) groups excluding carboxylic acids is 1. The van der Waals surface area contributed by atoms with Gasteiger partial charge in [-0.3, -0.25) is 5.32 Å². The van der Waals surface area contributed by atoms with Crippen LogP contribution in [0.2, 0.25) is 0 Å². The minimum atomic E-state index is -0.889. The summed E-state index contributed by atoms with van der Waals surface area (Å²) in [6.45, 7) is 8.82. The van der Waals surface area contributed by atoms with E-state index in [4.69, 9.17) is 9.47 Å². The molecule has 1 saturated carbocycles. The number of allylic oxidation sites excluding steroid dienone is 1. The number of ether oxygens (including phenoxy) is 2. The minimum absolute atomic E-state index is 0.0344. The van der Waals surface area contributed by atoms with Crippen molar-refractivity contribution in [3.63, 3.8) is 0 Å². The van der Waals surface area contributed by atoms with Crippen molar-refractivity contribution in [2.75, 3.05) is 6.61 Å². The zero-order valence-electron chi connectivity index (χ0n) is 13.1. The van der Waals surface area contributed by atoms with Crippen molar-refractivity contribution in [1.29, 1.82) is 0 Å². The molecular weight excluding hydrogens is 254 g/mol. The summed E-state index contributed by atoms with van der Waals surface area (Å²) in [5, 5.41) is 2.86. The largest absolute Gasteiger partial charge is 0.414 e. The first-order valence-corrected chi connectivity index (χ1v) is 7.74. The molecular formula is C16H27NO3. The molecule has 0 aromatic heterocycles. The smallest absolute Gasteiger partial charge is 0.410 e. The minimum Gasteiger partial charge on any atom is -0.410 e. The second-order valence-electron chi connectivity index (χ2n) is 6.87. The summed E-state index contributed by atoms with van der Waals surface area (Å²) in [5.41, 5.74) is 0.761. The van der Waals surface area contributed by atoms with Crippen molar-refractivity contribution in [2.45, 2.75) is 65.6 Å². The fourth-order valence-corrected chi connectivity index (χ4v) is 3.21. The van der Waals surface area contributed by atoms with Crippen molar-refractivity contribution in [3.8, 4) is 0 Å². The zero-order valence-corrected chi connectivity index (χ0v) is 13.1. The summed E-state index contributed by atoms with van der Waals surface area (Å²) in [6, 6.07) is 0.